The number of thioether (sulfide) groups is 1. The first-order chi connectivity index (χ1) is 12.2. The number of para-hydroxylation sites is 1. The lowest BCUT2D eigenvalue weighted by atomic mass is 10.2. The smallest absolute Gasteiger partial charge is 0.192 e. The molecule has 2 aromatic rings. The van der Waals surface area contributed by atoms with Crippen molar-refractivity contribution in [3.05, 3.63) is 42.2 Å². The molecule has 1 aromatic carbocycles. The zero-order valence-electron chi connectivity index (χ0n) is 16.7. The second-order valence-corrected chi connectivity index (χ2v) is 13.6. The maximum absolute atomic E-state index is 6.22. The number of benzene rings is 1. The van der Waals surface area contributed by atoms with Crippen LogP contribution < -0.4 is 4.74 Å². The molecule has 0 atom stereocenters. The molecule has 0 saturated heterocycles. The molecular weight excluding hydrogens is 360 g/mol. The Balaban J connectivity index is 1.90. The minimum absolute atomic E-state index is 0.258. The normalized spacial score (nSPS) is 12.2. The summed E-state index contributed by atoms with van der Waals surface area (Å²) in [6.45, 7) is 12.2. The topological polar surface area (TPSA) is 44.2 Å². The van der Waals surface area contributed by atoms with Gasteiger partial charge in [-0.1, -0.05) is 32.9 Å². The van der Waals surface area contributed by atoms with Crippen LogP contribution in [0, 0.1) is 0 Å². The van der Waals surface area contributed by atoms with Crippen LogP contribution in [0.5, 0.6) is 5.75 Å². The molecule has 6 heteroatoms. The van der Waals surface area contributed by atoms with Crippen LogP contribution in [0.2, 0.25) is 18.1 Å². The van der Waals surface area contributed by atoms with Crippen LogP contribution in [0.15, 0.2) is 36.5 Å². The lowest BCUT2D eigenvalue weighted by Crippen LogP contribution is -2.41. The average Bonchev–Trinajstić information content (AvgIpc) is 2.60. The van der Waals surface area contributed by atoms with Crippen molar-refractivity contribution in [2.75, 3.05) is 19.5 Å². The SMILES string of the molecule is COc1ccccc1-c1nccc(CSCCO[Si](C)(C)C(C)(C)C)n1. The van der Waals surface area contributed by atoms with E-state index in [0.717, 1.165) is 35.1 Å². The fourth-order valence-corrected chi connectivity index (χ4v) is 4.09. The fraction of sp³-hybridized carbons (Fsp3) is 0.500. The molecule has 0 aliphatic heterocycles. The van der Waals surface area contributed by atoms with Gasteiger partial charge in [0.15, 0.2) is 14.1 Å². The number of hydrogen-bond donors (Lipinski definition) is 0. The fourth-order valence-electron chi connectivity index (χ4n) is 2.18. The Bertz CT molecular complexity index is 717. The molecule has 1 heterocycles. The Morgan fingerprint density at radius 2 is 1.85 bits per heavy atom. The van der Waals surface area contributed by atoms with Crippen LogP contribution in [0.25, 0.3) is 11.4 Å². The van der Waals surface area contributed by atoms with Crippen LogP contribution in [0.1, 0.15) is 26.5 Å². The van der Waals surface area contributed by atoms with Crippen LogP contribution in [0.3, 0.4) is 0 Å². The number of nitrogens with zero attached hydrogens (tertiary/aromatic N) is 2. The van der Waals surface area contributed by atoms with E-state index in [1.165, 1.54) is 0 Å². The molecule has 142 valence electrons. The molecular formula is C20H30N2O2SSi. The quantitative estimate of drug-likeness (QED) is 0.445. The van der Waals surface area contributed by atoms with Gasteiger partial charge in [0.2, 0.25) is 0 Å². The van der Waals surface area contributed by atoms with Crippen molar-refractivity contribution in [3.63, 3.8) is 0 Å². The molecule has 0 aliphatic carbocycles. The highest BCUT2D eigenvalue weighted by atomic mass is 32.2. The minimum atomic E-state index is -1.65. The van der Waals surface area contributed by atoms with E-state index in [-0.39, 0.29) is 5.04 Å². The third kappa shape index (κ3) is 5.56. The van der Waals surface area contributed by atoms with Gasteiger partial charge in [-0.25, -0.2) is 9.97 Å². The zero-order chi connectivity index (χ0) is 19.2. The Morgan fingerprint density at radius 3 is 2.54 bits per heavy atom. The van der Waals surface area contributed by atoms with Crippen molar-refractivity contribution in [1.82, 2.24) is 9.97 Å². The van der Waals surface area contributed by atoms with E-state index in [9.17, 15) is 0 Å². The van der Waals surface area contributed by atoms with Crippen molar-refractivity contribution in [2.45, 2.75) is 44.7 Å². The molecule has 0 saturated carbocycles. The highest BCUT2D eigenvalue weighted by molar-refractivity contribution is 7.98. The predicted octanol–water partition coefficient (Wildman–Crippen LogP) is 5.41. The summed E-state index contributed by atoms with van der Waals surface area (Å²) in [7, 11) is 0.0170. The summed E-state index contributed by atoms with van der Waals surface area (Å²) in [6.07, 6.45) is 1.82. The molecule has 2 rings (SSSR count). The van der Waals surface area contributed by atoms with Gasteiger partial charge in [0, 0.05) is 24.3 Å². The second-order valence-electron chi connectivity index (χ2n) is 7.73. The standard InChI is InChI=1S/C20H30N2O2SSi/c1-20(2,3)26(5,6)24-13-14-25-15-16-11-12-21-19(22-16)17-9-7-8-10-18(17)23-4/h7-12H,13-15H2,1-6H3. The van der Waals surface area contributed by atoms with Gasteiger partial charge in [-0.2, -0.15) is 11.8 Å². The summed E-state index contributed by atoms with van der Waals surface area (Å²) in [5, 5.41) is 0.258. The van der Waals surface area contributed by atoms with E-state index in [0.29, 0.717) is 5.82 Å². The zero-order valence-corrected chi connectivity index (χ0v) is 18.5. The maximum Gasteiger partial charge on any atom is 0.192 e. The molecule has 1 aromatic heterocycles. The Hall–Kier alpha value is -1.37. The molecule has 0 spiro atoms. The van der Waals surface area contributed by atoms with Gasteiger partial charge in [0.25, 0.3) is 0 Å². The highest BCUT2D eigenvalue weighted by Crippen LogP contribution is 2.36. The first kappa shape index (κ1) is 20.9. The van der Waals surface area contributed by atoms with Crippen LogP contribution >= 0.6 is 11.8 Å². The lowest BCUT2D eigenvalue weighted by Gasteiger charge is -2.36. The van der Waals surface area contributed by atoms with E-state index in [1.54, 1.807) is 7.11 Å². The Kier molecular flexibility index (Phi) is 7.26. The largest absolute Gasteiger partial charge is 0.496 e. The molecule has 0 N–H and O–H groups in total. The van der Waals surface area contributed by atoms with Crippen molar-refractivity contribution in [2.24, 2.45) is 0 Å². The highest BCUT2D eigenvalue weighted by Gasteiger charge is 2.36. The van der Waals surface area contributed by atoms with Crippen molar-refractivity contribution < 1.29 is 9.16 Å². The molecule has 0 fully saturated rings. The minimum Gasteiger partial charge on any atom is -0.496 e. The average molecular weight is 391 g/mol. The Labute approximate surface area is 162 Å². The molecule has 0 radical (unpaired) electrons. The summed E-state index contributed by atoms with van der Waals surface area (Å²) in [5.41, 5.74) is 1.95. The summed E-state index contributed by atoms with van der Waals surface area (Å²) < 4.78 is 11.6. The number of aromatic nitrogens is 2. The van der Waals surface area contributed by atoms with Crippen molar-refractivity contribution >= 4 is 20.1 Å². The third-order valence-electron chi connectivity index (χ3n) is 4.81. The molecule has 0 amide bonds. The molecule has 0 bridgehead atoms. The monoisotopic (exact) mass is 390 g/mol. The first-order valence-corrected chi connectivity index (χ1v) is 13.0. The van der Waals surface area contributed by atoms with E-state index in [2.05, 4.69) is 38.8 Å². The van der Waals surface area contributed by atoms with Crippen LogP contribution in [-0.2, 0) is 10.2 Å². The van der Waals surface area contributed by atoms with Crippen molar-refractivity contribution in [1.29, 1.82) is 0 Å². The second kappa shape index (κ2) is 9.02. The molecule has 0 aliphatic rings. The summed E-state index contributed by atoms with van der Waals surface area (Å²) >= 11 is 1.85. The number of rotatable bonds is 8. The lowest BCUT2D eigenvalue weighted by molar-refractivity contribution is 0.311. The van der Waals surface area contributed by atoms with Gasteiger partial charge >= 0.3 is 0 Å². The number of hydrogen-bond acceptors (Lipinski definition) is 5. The van der Waals surface area contributed by atoms with Crippen molar-refractivity contribution in [3.8, 4) is 17.1 Å². The van der Waals surface area contributed by atoms with Gasteiger partial charge in [0.05, 0.1) is 18.4 Å². The predicted molar refractivity (Wildman–Crippen MR) is 113 cm³/mol. The van der Waals surface area contributed by atoms with Gasteiger partial charge in [-0.05, 0) is 36.3 Å². The Morgan fingerprint density at radius 1 is 1.12 bits per heavy atom. The summed E-state index contributed by atoms with van der Waals surface area (Å²) in [6, 6.07) is 9.81. The first-order valence-electron chi connectivity index (χ1n) is 8.91. The third-order valence-corrected chi connectivity index (χ3v) is 10.3. The number of ether oxygens (including phenoxy) is 1. The van der Waals surface area contributed by atoms with Gasteiger partial charge in [-0.15, -0.1) is 0 Å². The van der Waals surface area contributed by atoms with Crippen LogP contribution in [-0.4, -0.2) is 37.8 Å². The van der Waals surface area contributed by atoms with E-state index >= 15 is 0 Å². The van der Waals surface area contributed by atoms with Gasteiger partial charge in [-0.3, -0.25) is 0 Å². The van der Waals surface area contributed by atoms with Gasteiger partial charge < -0.3 is 9.16 Å². The van der Waals surface area contributed by atoms with E-state index in [4.69, 9.17) is 14.1 Å². The maximum atomic E-state index is 6.22. The molecule has 4 nitrogen and oxygen atoms in total. The number of methoxy groups -OCH3 is 1. The summed E-state index contributed by atoms with van der Waals surface area (Å²) in [4.78, 5) is 9.10. The van der Waals surface area contributed by atoms with Crippen LogP contribution in [0.4, 0.5) is 0 Å². The molecule has 0 unspecified atom stereocenters. The van der Waals surface area contributed by atoms with E-state index < -0.39 is 8.32 Å². The van der Waals surface area contributed by atoms with E-state index in [1.807, 2.05) is 48.3 Å². The van der Waals surface area contributed by atoms with Gasteiger partial charge in [0.1, 0.15) is 5.75 Å². The summed E-state index contributed by atoms with van der Waals surface area (Å²) in [5.74, 6) is 3.32. The molecule has 26 heavy (non-hydrogen) atoms.